The first-order valence-electron chi connectivity index (χ1n) is 7.39. The van der Waals surface area contributed by atoms with Crippen molar-refractivity contribution in [1.82, 2.24) is 10.6 Å². The Bertz CT molecular complexity index is 496. The summed E-state index contributed by atoms with van der Waals surface area (Å²) in [4.78, 5) is 12.7. The molecule has 20 heavy (non-hydrogen) atoms. The van der Waals surface area contributed by atoms with Crippen LogP contribution >= 0.6 is 11.6 Å². The lowest BCUT2D eigenvalue weighted by Gasteiger charge is -2.31. The highest BCUT2D eigenvalue weighted by Gasteiger charge is 2.51. The van der Waals surface area contributed by atoms with Gasteiger partial charge >= 0.3 is 0 Å². The third-order valence-electron chi connectivity index (χ3n) is 4.68. The van der Waals surface area contributed by atoms with E-state index in [1.165, 1.54) is 0 Å². The number of hydrogen-bond donors (Lipinski definition) is 2. The van der Waals surface area contributed by atoms with Gasteiger partial charge in [-0.15, -0.1) is 0 Å². The number of carbonyl (C=O) groups excluding carboxylic acids is 1. The Hall–Kier alpha value is -1.06. The van der Waals surface area contributed by atoms with Crippen molar-refractivity contribution in [2.24, 2.45) is 5.92 Å². The summed E-state index contributed by atoms with van der Waals surface area (Å²) in [7, 11) is 0. The van der Waals surface area contributed by atoms with E-state index in [-0.39, 0.29) is 11.3 Å². The number of amides is 1. The highest BCUT2D eigenvalue weighted by Crippen LogP contribution is 2.48. The minimum absolute atomic E-state index is 0.193. The van der Waals surface area contributed by atoms with Gasteiger partial charge in [0, 0.05) is 11.1 Å². The molecule has 0 spiro atoms. The van der Waals surface area contributed by atoms with Gasteiger partial charge in [0.2, 0.25) is 5.91 Å². The summed E-state index contributed by atoms with van der Waals surface area (Å²) in [5.74, 6) is 0.687. The van der Waals surface area contributed by atoms with E-state index in [2.05, 4.69) is 17.6 Å². The fourth-order valence-corrected chi connectivity index (χ4v) is 3.20. The Morgan fingerprint density at radius 2 is 2.05 bits per heavy atom. The van der Waals surface area contributed by atoms with Crippen molar-refractivity contribution in [3.8, 4) is 0 Å². The quantitative estimate of drug-likeness (QED) is 0.899. The molecule has 1 aliphatic carbocycles. The molecule has 2 N–H and O–H groups in total. The molecule has 1 saturated carbocycles. The molecule has 3 rings (SSSR count). The number of nitrogens with one attached hydrogen (secondary N) is 2. The van der Waals surface area contributed by atoms with Crippen LogP contribution in [-0.2, 0) is 10.2 Å². The van der Waals surface area contributed by atoms with Gasteiger partial charge in [0.25, 0.3) is 0 Å². The van der Waals surface area contributed by atoms with Gasteiger partial charge in [0.15, 0.2) is 0 Å². The number of halogens is 1. The highest BCUT2D eigenvalue weighted by molar-refractivity contribution is 6.30. The molecule has 1 heterocycles. The molecule has 2 aliphatic rings. The van der Waals surface area contributed by atoms with Crippen LogP contribution in [0.4, 0.5) is 0 Å². The Kier molecular flexibility index (Phi) is 3.74. The fourth-order valence-electron chi connectivity index (χ4n) is 3.08. The van der Waals surface area contributed by atoms with Crippen LogP contribution in [0.1, 0.15) is 31.7 Å². The van der Waals surface area contributed by atoms with Crippen molar-refractivity contribution in [2.75, 3.05) is 13.1 Å². The molecule has 0 radical (unpaired) electrons. The average Bonchev–Trinajstić information content (AvgIpc) is 3.24. The van der Waals surface area contributed by atoms with Gasteiger partial charge in [-0.2, -0.15) is 0 Å². The minimum atomic E-state index is -0.296. The second kappa shape index (κ2) is 5.38. The van der Waals surface area contributed by atoms with E-state index >= 15 is 0 Å². The number of rotatable bonds is 3. The molecule has 2 atom stereocenters. The van der Waals surface area contributed by atoms with Gasteiger partial charge in [0.05, 0.1) is 5.41 Å². The van der Waals surface area contributed by atoms with Crippen LogP contribution in [0.15, 0.2) is 24.3 Å². The molecule has 1 aromatic carbocycles. The lowest BCUT2D eigenvalue weighted by molar-refractivity contribution is -0.124. The molecule has 0 aromatic heterocycles. The predicted molar refractivity (Wildman–Crippen MR) is 80.9 cm³/mol. The first-order chi connectivity index (χ1) is 9.62. The molecule has 0 bridgehead atoms. The zero-order valence-electron chi connectivity index (χ0n) is 11.8. The summed E-state index contributed by atoms with van der Waals surface area (Å²) < 4.78 is 0. The SMILES string of the molecule is CC1CNCCC1NC(=O)C1(c2ccc(Cl)cc2)CC1. The van der Waals surface area contributed by atoms with E-state index in [0.29, 0.717) is 12.0 Å². The number of carbonyl (C=O) groups is 1. The zero-order chi connectivity index (χ0) is 14.2. The van der Waals surface area contributed by atoms with Crippen LogP contribution in [0, 0.1) is 5.92 Å². The first kappa shape index (κ1) is 13.9. The van der Waals surface area contributed by atoms with Crippen molar-refractivity contribution in [2.45, 2.75) is 37.6 Å². The number of piperidine rings is 1. The third-order valence-corrected chi connectivity index (χ3v) is 4.94. The molecule has 1 amide bonds. The molecule has 2 unspecified atom stereocenters. The third kappa shape index (κ3) is 2.57. The van der Waals surface area contributed by atoms with Gasteiger partial charge < -0.3 is 10.6 Å². The monoisotopic (exact) mass is 292 g/mol. The van der Waals surface area contributed by atoms with Gasteiger partial charge in [-0.1, -0.05) is 30.7 Å². The van der Waals surface area contributed by atoms with Crippen molar-refractivity contribution >= 4 is 17.5 Å². The zero-order valence-corrected chi connectivity index (χ0v) is 12.5. The Balaban J connectivity index is 1.71. The lowest BCUT2D eigenvalue weighted by atomic mass is 9.91. The van der Waals surface area contributed by atoms with E-state index < -0.39 is 0 Å². The van der Waals surface area contributed by atoms with Crippen LogP contribution in [0.5, 0.6) is 0 Å². The maximum Gasteiger partial charge on any atom is 0.230 e. The maximum atomic E-state index is 12.7. The normalized spacial score (nSPS) is 27.9. The van der Waals surface area contributed by atoms with Crippen LogP contribution in [0.25, 0.3) is 0 Å². The Morgan fingerprint density at radius 1 is 1.35 bits per heavy atom. The number of hydrogen-bond acceptors (Lipinski definition) is 2. The van der Waals surface area contributed by atoms with Crippen molar-refractivity contribution in [3.63, 3.8) is 0 Å². The smallest absolute Gasteiger partial charge is 0.230 e. The minimum Gasteiger partial charge on any atom is -0.352 e. The summed E-state index contributed by atoms with van der Waals surface area (Å²) >= 11 is 5.93. The molecule has 1 saturated heterocycles. The van der Waals surface area contributed by atoms with E-state index in [9.17, 15) is 4.79 Å². The van der Waals surface area contributed by atoms with Crippen LogP contribution < -0.4 is 10.6 Å². The van der Waals surface area contributed by atoms with Gasteiger partial charge in [-0.3, -0.25) is 4.79 Å². The number of benzene rings is 1. The van der Waals surface area contributed by atoms with Crippen molar-refractivity contribution in [3.05, 3.63) is 34.9 Å². The molecule has 1 aromatic rings. The molecule has 1 aliphatic heterocycles. The molecule has 4 heteroatoms. The summed E-state index contributed by atoms with van der Waals surface area (Å²) in [6.45, 7) is 4.17. The summed E-state index contributed by atoms with van der Waals surface area (Å²) in [6, 6.07) is 8.02. The second-order valence-corrected chi connectivity index (χ2v) is 6.58. The van der Waals surface area contributed by atoms with Gasteiger partial charge in [0.1, 0.15) is 0 Å². The van der Waals surface area contributed by atoms with Crippen LogP contribution in [-0.4, -0.2) is 25.0 Å². The van der Waals surface area contributed by atoms with E-state index in [1.54, 1.807) is 0 Å². The van der Waals surface area contributed by atoms with Gasteiger partial charge in [-0.25, -0.2) is 0 Å². The van der Waals surface area contributed by atoms with E-state index in [4.69, 9.17) is 11.6 Å². The summed E-state index contributed by atoms with van der Waals surface area (Å²) in [5.41, 5.74) is 0.802. The summed E-state index contributed by atoms with van der Waals surface area (Å²) in [6.07, 6.45) is 2.91. The fraction of sp³-hybridized carbons (Fsp3) is 0.562. The highest BCUT2D eigenvalue weighted by atomic mass is 35.5. The average molecular weight is 293 g/mol. The Labute approximate surface area is 125 Å². The molecule has 2 fully saturated rings. The molecule has 108 valence electrons. The predicted octanol–water partition coefficient (Wildman–Crippen LogP) is 2.49. The van der Waals surface area contributed by atoms with Crippen molar-refractivity contribution < 1.29 is 4.79 Å². The topological polar surface area (TPSA) is 41.1 Å². The first-order valence-corrected chi connectivity index (χ1v) is 7.77. The van der Waals surface area contributed by atoms with Crippen LogP contribution in [0.3, 0.4) is 0 Å². The largest absolute Gasteiger partial charge is 0.352 e. The van der Waals surface area contributed by atoms with Gasteiger partial charge in [-0.05, 0) is 56.0 Å². The Morgan fingerprint density at radius 3 is 2.65 bits per heavy atom. The van der Waals surface area contributed by atoms with Crippen LogP contribution in [0.2, 0.25) is 5.02 Å². The van der Waals surface area contributed by atoms with E-state index in [0.717, 1.165) is 42.9 Å². The maximum absolute atomic E-state index is 12.7. The second-order valence-electron chi connectivity index (χ2n) is 6.14. The van der Waals surface area contributed by atoms with Crippen molar-refractivity contribution in [1.29, 1.82) is 0 Å². The molecule has 3 nitrogen and oxygen atoms in total. The lowest BCUT2D eigenvalue weighted by Crippen LogP contribution is -2.50. The standard InChI is InChI=1S/C16H21ClN2O/c1-11-10-18-9-6-14(11)19-15(20)16(7-8-16)12-2-4-13(17)5-3-12/h2-5,11,14,18H,6-10H2,1H3,(H,19,20). The summed E-state index contributed by atoms with van der Waals surface area (Å²) in [5, 5.41) is 7.36. The molecular formula is C16H21ClN2O. The van der Waals surface area contributed by atoms with E-state index in [1.807, 2.05) is 24.3 Å². The molecular weight excluding hydrogens is 272 g/mol.